The lowest BCUT2D eigenvalue weighted by molar-refractivity contribution is 0.105. The van der Waals surface area contributed by atoms with Crippen LogP contribution in [0.2, 0.25) is 0 Å². The van der Waals surface area contributed by atoms with Gasteiger partial charge in [-0.2, -0.15) is 0 Å². The summed E-state index contributed by atoms with van der Waals surface area (Å²) in [6, 6.07) is 0.241. The molecule has 0 bridgehead atoms. The third-order valence-electron chi connectivity index (χ3n) is 3.39. The van der Waals surface area contributed by atoms with Gasteiger partial charge in [0.05, 0.1) is 6.61 Å². The van der Waals surface area contributed by atoms with E-state index in [-0.39, 0.29) is 12.1 Å². The molecular weight excluding hydrogens is 284 g/mol. The standard InChI is InChI=1S/C14H24N6O2/c1-4-22-14(21)20-7-5-19(6-8-20)13-11(15)12(16-9-17-13)18-10(2)3/h9-10H,4-8,15H2,1-3H3,(H,16,17,18). The lowest BCUT2D eigenvalue weighted by Crippen LogP contribution is -2.49. The van der Waals surface area contributed by atoms with E-state index in [1.807, 2.05) is 13.8 Å². The fourth-order valence-corrected chi connectivity index (χ4v) is 2.34. The molecular formula is C14H24N6O2. The number of nitrogens with two attached hydrogens (primary N) is 1. The second kappa shape index (κ2) is 7.15. The van der Waals surface area contributed by atoms with Crippen molar-refractivity contribution in [2.45, 2.75) is 26.8 Å². The Bertz CT molecular complexity index is 514. The summed E-state index contributed by atoms with van der Waals surface area (Å²) in [6.07, 6.45) is 1.24. The van der Waals surface area contributed by atoms with Gasteiger partial charge in [-0.05, 0) is 20.8 Å². The first-order valence-corrected chi connectivity index (χ1v) is 7.56. The van der Waals surface area contributed by atoms with Crippen molar-refractivity contribution in [1.82, 2.24) is 14.9 Å². The van der Waals surface area contributed by atoms with Crippen LogP contribution in [-0.2, 0) is 4.74 Å². The maximum Gasteiger partial charge on any atom is 0.409 e. The monoisotopic (exact) mass is 308 g/mol. The lowest BCUT2D eigenvalue weighted by Gasteiger charge is -2.35. The number of hydrogen-bond acceptors (Lipinski definition) is 7. The molecule has 122 valence electrons. The molecule has 0 aromatic carbocycles. The van der Waals surface area contributed by atoms with Gasteiger partial charge in [-0.3, -0.25) is 0 Å². The van der Waals surface area contributed by atoms with E-state index in [1.165, 1.54) is 6.33 Å². The Kier molecular flexibility index (Phi) is 5.24. The number of aromatic nitrogens is 2. The van der Waals surface area contributed by atoms with Crippen molar-refractivity contribution in [2.24, 2.45) is 0 Å². The summed E-state index contributed by atoms with van der Waals surface area (Å²) < 4.78 is 5.02. The van der Waals surface area contributed by atoms with Crippen molar-refractivity contribution >= 4 is 23.4 Å². The zero-order valence-electron chi connectivity index (χ0n) is 13.4. The van der Waals surface area contributed by atoms with E-state index < -0.39 is 0 Å². The largest absolute Gasteiger partial charge is 0.450 e. The van der Waals surface area contributed by atoms with Crippen LogP contribution in [0.5, 0.6) is 0 Å². The van der Waals surface area contributed by atoms with Crippen LogP contribution in [0.25, 0.3) is 0 Å². The molecule has 0 radical (unpaired) electrons. The van der Waals surface area contributed by atoms with Crippen LogP contribution in [0.15, 0.2) is 6.33 Å². The Labute approximate surface area is 130 Å². The molecule has 1 aliphatic rings. The predicted molar refractivity (Wildman–Crippen MR) is 86.0 cm³/mol. The summed E-state index contributed by atoms with van der Waals surface area (Å²) in [5.41, 5.74) is 6.71. The molecule has 3 N–H and O–H groups in total. The van der Waals surface area contributed by atoms with Crippen molar-refractivity contribution < 1.29 is 9.53 Å². The minimum Gasteiger partial charge on any atom is -0.450 e. The maximum atomic E-state index is 11.7. The van der Waals surface area contributed by atoms with Gasteiger partial charge in [0, 0.05) is 32.2 Å². The molecule has 1 aromatic rings. The van der Waals surface area contributed by atoms with E-state index in [0.717, 1.165) is 0 Å². The number of piperazine rings is 1. The fourth-order valence-electron chi connectivity index (χ4n) is 2.34. The lowest BCUT2D eigenvalue weighted by atomic mass is 10.3. The Morgan fingerprint density at radius 1 is 1.36 bits per heavy atom. The fraction of sp³-hybridized carbons (Fsp3) is 0.643. The van der Waals surface area contributed by atoms with Crippen molar-refractivity contribution in [2.75, 3.05) is 48.7 Å². The molecule has 8 nitrogen and oxygen atoms in total. The highest BCUT2D eigenvalue weighted by molar-refractivity contribution is 5.75. The summed E-state index contributed by atoms with van der Waals surface area (Å²) in [6.45, 7) is 8.77. The Morgan fingerprint density at radius 3 is 2.64 bits per heavy atom. The molecule has 0 unspecified atom stereocenters. The second-order valence-electron chi connectivity index (χ2n) is 5.43. The van der Waals surface area contributed by atoms with Gasteiger partial charge in [-0.15, -0.1) is 0 Å². The Morgan fingerprint density at radius 2 is 2.05 bits per heavy atom. The van der Waals surface area contributed by atoms with E-state index in [2.05, 4.69) is 20.2 Å². The molecule has 2 rings (SSSR count). The van der Waals surface area contributed by atoms with Gasteiger partial charge >= 0.3 is 6.09 Å². The topological polar surface area (TPSA) is 96.6 Å². The normalized spacial score (nSPS) is 15.1. The van der Waals surface area contributed by atoms with E-state index in [4.69, 9.17) is 10.5 Å². The van der Waals surface area contributed by atoms with E-state index in [9.17, 15) is 4.79 Å². The number of ether oxygens (including phenoxy) is 1. The first-order valence-electron chi connectivity index (χ1n) is 7.56. The minimum atomic E-state index is -0.264. The number of nitrogens with one attached hydrogen (secondary N) is 1. The molecule has 1 aromatic heterocycles. The quantitative estimate of drug-likeness (QED) is 0.861. The smallest absolute Gasteiger partial charge is 0.409 e. The van der Waals surface area contributed by atoms with Crippen LogP contribution in [0.4, 0.5) is 22.1 Å². The van der Waals surface area contributed by atoms with Crippen LogP contribution in [0.3, 0.4) is 0 Å². The predicted octanol–water partition coefficient (Wildman–Crippen LogP) is 1.16. The molecule has 1 saturated heterocycles. The van der Waals surface area contributed by atoms with Gasteiger partial charge in [-0.25, -0.2) is 14.8 Å². The number of hydrogen-bond donors (Lipinski definition) is 2. The number of carbonyl (C=O) groups excluding carboxylic acids is 1. The number of anilines is 3. The van der Waals surface area contributed by atoms with E-state index in [1.54, 1.807) is 11.8 Å². The molecule has 0 saturated carbocycles. The second-order valence-corrected chi connectivity index (χ2v) is 5.43. The minimum absolute atomic E-state index is 0.241. The maximum absolute atomic E-state index is 11.7. The average molecular weight is 308 g/mol. The number of carbonyl (C=O) groups is 1. The van der Waals surface area contributed by atoms with Crippen LogP contribution in [0.1, 0.15) is 20.8 Å². The summed E-state index contributed by atoms with van der Waals surface area (Å²) in [7, 11) is 0. The van der Waals surface area contributed by atoms with Crippen molar-refractivity contribution in [3.8, 4) is 0 Å². The van der Waals surface area contributed by atoms with Gasteiger partial charge in [0.15, 0.2) is 11.6 Å². The van der Waals surface area contributed by atoms with Crippen molar-refractivity contribution in [3.05, 3.63) is 6.33 Å². The zero-order valence-corrected chi connectivity index (χ0v) is 13.4. The molecule has 1 aliphatic heterocycles. The Hall–Kier alpha value is -2.25. The van der Waals surface area contributed by atoms with Crippen molar-refractivity contribution in [3.63, 3.8) is 0 Å². The van der Waals surface area contributed by atoms with Crippen LogP contribution in [-0.4, -0.2) is 59.8 Å². The van der Waals surface area contributed by atoms with Crippen LogP contribution < -0.4 is 16.0 Å². The van der Waals surface area contributed by atoms with E-state index in [0.29, 0.717) is 50.1 Å². The molecule has 0 spiro atoms. The first kappa shape index (κ1) is 16.1. The molecule has 2 heterocycles. The van der Waals surface area contributed by atoms with Crippen LogP contribution in [0, 0.1) is 0 Å². The molecule has 22 heavy (non-hydrogen) atoms. The van der Waals surface area contributed by atoms with Gasteiger partial charge in [0.25, 0.3) is 0 Å². The molecule has 8 heteroatoms. The molecule has 0 aliphatic carbocycles. The number of nitrogens with zero attached hydrogens (tertiary/aromatic N) is 4. The third-order valence-corrected chi connectivity index (χ3v) is 3.39. The third kappa shape index (κ3) is 3.69. The number of nitrogen functional groups attached to an aromatic ring is 1. The summed E-state index contributed by atoms with van der Waals surface area (Å²) in [5, 5.41) is 3.21. The van der Waals surface area contributed by atoms with E-state index >= 15 is 0 Å². The van der Waals surface area contributed by atoms with Gasteiger partial charge < -0.3 is 25.6 Å². The number of amides is 1. The molecule has 1 amide bonds. The highest BCUT2D eigenvalue weighted by Crippen LogP contribution is 2.27. The summed E-state index contributed by atoms with van der Waals surface area (Å²) in [4.78, 5) is 23.9. The highest BCUT2D eigenvalue weighted by Gasteiger charge is 2.24. The van der Waals surface area contributed by atoms with Gasteiger partial charge in [0.1, 0.15) is 12.0 Å². The SMILES string of the molecule is CCOC(=O)N1CCN(c2ncnc(NC(C)C)c2N)CC1. The average Bonchev–Trinajstić information content (AvgIpc) is 2.49. The highest BCUT2D eigenvalue weighted by atomic mass is 16.6. The summed E-state index contributed by atoms with van der Waals surface area (Å²) >= 11 is 0. The zero-order chi connectivity index (χ0) is 16.1. The van der Waals surface area contributed by atoms with Crippen molar-refractivity contribution in [1.29, 1.82) is 0 Å². The Balaban J connectivity index is 2.04. The first-order chi connectivity index (χ1) is 10.5. The molecule has 0 atom stereocenters. The number of rotatable bonds is 4. The summed E-state index contributed by atoms with van der Waals surface area (Å²) in [5.74, 6) is 1.36. The molecule has 1 fully saturated rings. The van der Waals surface area contributed by atoms with Gasteiger partial charge in [-0.1, -0.05) is 0 Å². The van der Waals surface area contributed by atoms with Crippen LogP contribution >= 0.6 is 0 Å². The van der Waals surface area contributed by atoms with Gasteiger partial charge in [0.2, 0.25) is 0 Å².